The first kappa shape index (κ1) is 21.1. The molecular formula is C22H17BrN2O5. The van der Waals surface area contributed by atoms with Crippen LogP contribution in [0.4, 0.5) is 10.5 Å². The number of anilines is 1. The summed E-state index contributed by atoms with van der Waals surface area (Å²) in [6.45, 7) is 2.28. The highest BCUT2D eigenvalue weighted by molar-refractivity contribution is 9.10. The summed E-state index contributed by atoms with van der Waals surface area (Å²) in [6, 6.07) is 10.7. The average molecular weight is 469 g/mol. The van der Waals surface area contributed by atoms with Crippen molar-refractivity contribution in [3.05, 3.63) is 58.1 Å². The summed E-state index contributed by atoms with van der Waals surface area (Å²) < 4.78 is 11.8. The number of hydrogen-bond donors (Lipinski definition) is 1. The molecule has 0 radical (unpaired) electrons. The average Bonchev–Trinajstić information content (AvgIpc) is 2.72. The van der Waals surface area contributed by atoms with E-state index in [9.17, 15) is 14.4 Å². The summed E-state index contributed by atoms with van der Waals surface area (Å²) in [5.74, 6) is 1.75. The number of terminal acetylenes is 1. The minimum absolute atomic E-state index is 0.0751. The van der Waals surface area contributed by atoms with Crippen LogP contribution in [-0.4, -0.2) is 31.1 Å². The minimum Gasteiger partial charge on any atom is -0.490 e. The molecule has 4 amide bonds. The van der Waals surface area contributed by atoms with Gasteiger partial charge < -0.3 is 9.47 Å². The summed E-state index contributed by atoms with van der Waals surface area (Å²) in [6.07, 6.45) is 6.62. The predicted molar refractivity (Wildman–Crippen MR) is 115 cm³/mol. The van der Waals surface area contributed by atoms with Gasteiger partial charge in [0.15, 0.2) is 11.5 Å². The van der Waals surface area contributed by atoms with Crippen LogP contribution in [0.3, 0.4) is 0 Å². The fourth-order valence-corrected chi connectivity index (χ4v) is 3.03. The maximum Gasteiger partial charge on any atom is 0.335 e. The molecule has 8 heteroatoms. The molecule has 0 bridgehead atoms. The van der Waals surface area contributed by atoms with Gasteiger partial charge in [0.1, 0.15) is 12.2 Å². The lowest BCUT2D eigenvalue weighted by Crippen LogP contribution is -2.54. The van der Waals surface area contributed by atoms with Crippen molar-refractivity contribution in [2.45, 2.75) is 6.92 Å². The molecule has 2 aromatic carbocycles. The van der Waals surface area contributed by atoms with Crippen LogP contribution in [0.5, 0.6) is 11.5 Å². The van der Waals surface area contributed by atoms with Crippen LogP contribution in [-0.2, 0) is 9.59 Å². The number of nitrogens with zero attached hydrogens (tertiary/aromatic N) is 1. The maximum atomic E-state index is 12.9. The number of urea groups is 1. The van der Waals surface area contributed by atoms with Crippen molar-refractivity contribution in [1.29, 1.82) is 0 Å². The minimum atomic E-state index is -0.808. The Hall–Kier alpha value is -3.57. The molecule has 0 spiro atoms. The lowest BCUT2D eigenvalue weighted by Gasteiger charge is -2.26. The van der Waals surface area contributed by atoms with Crippen LogP contribution >= 0.6 is 15.9 Å². The second-order valence-corrected chi connectivity index (χ2v) is 6.98. The Balaban J connectivity index is 1.96. The van der Waals surface area contributed by atoms with Gasteiger partial charge in [-0.1, -0.05) is 27.9 Å². The van der Waals surface area contributed by atoms with Gasteiger partial charge in [0.05, 0.1) is 12.3 Å². The van der Waals surface area contributed by atoms with E-state index in [-0.39, 0.29) is 12.2 Å². The van der Waals surface area contributed by atoms with Gasteiger partial charge in [-0.3, -0.25) is 14.9 Å². The van der Waals surface area contributed by atoms with Crippen molar-refractivity contribution < 1.29 is 23.9 Å². The van der Waals surface area contributed by atoms with Gasteiger partial charge in [0, 0.05) is 4.47 Å². The first-order valence-corrected chi connectivity index (χ1v) is 9.74. The van der Waals surface area contributed by atoms with Crippen LogP contribution in [0.15, 0.2) is 52.5 Å². The normalized spacial score (nSPS) is 15.0. The molecule has 0 atom stereocenters. The fraction of sp³-hybridized carbons (Fsp3) is 0.136. The van der Waals surface area contributed by atoms with E-state index in [0.29, 0.717) is 29.4 Å². The monoisotopic (exact) mass is 468 g/mol. The van der Waals surface area contributed by atoms with Crippen LogP contribution in [0, 0.1) is 12.3 Å². The Labute approximate surface area is 181 Å². The molecule has 30 heavy (non-hydrogen) atoms. The number of ether oxygens (including phenoxy) is 2. The van der Waals surface area contributed by atoms with Gasteiger partial charge >= 0.3 is 6.03 Å². The van der Waals surface area contributed by atoms with E-state index < -0.39 is 17.8 Å². The summed E-state index contributed by atoms with van der Waals surface area (Å²) >= 11 is 3.30. The largest absolute Gasteiger partial charge is 0.490 e. The van der Waals surface area contributed by atoms with Crippen molar-refractivity contribution >= 4 is 45.5 Å². The molecule has 3 rings (SSSR count). The van der Waals surface area contributed by atoms with E-state index in [1.54, 1.807) is 42.5 Å². The Bertz CT molecular complexity index is 1070. The third-order valence-corrected chi connectivity index (χ3v) is 4.60. The first-order chi connectivity index (χ1) is 14.4. The number of nitrogens with one attached hydrogen (secondary N) is 1. The quantitative estimate of drug-likeness (QED) is 0.398. The summed E-state index contributed by atoms with van der Waals surface area (Å²) in [7, 11) is 0. The number of amides is 4. The molecule has 0 aromatic heterocycles. The van der Waals surface area contributed by atoms with E-state index in [2.05, 4.69) is 27.2 Å². The van der Waals surface area contributed by atoms with Crippen LogP contribution in [0.2, 0.25) is 0 Å². The van der Waals surface area contributed by atoms with Crippen molar-refractivity contribution in [2.24, 2.45) is 0 Å². The standard InChI is InChI=1S/C22H17BrN2O5/c1-3-11-30-18-10-5-14(13-19(18)29-4-2)12-17-20(26)24-22(28)25(21(17)27)16-8-6-15(23)7-9-16/h1,5-10,12-13H,4,11H2,2H3,(H,24,26,28)/b17-12+. The number of benzene rings is 2. The second-order valence-electron chi connectivity index (χ2n) is 6.07. The highest BCUT2D eigenvalue weighted by atomic mass is 79.9. The van der Waals surface area contributed by atoms with Gasteiger partial charge in [-0.25, -0.2) is 9.69 Å². The van der Waals surface area contributed by atoms with E-state index in [4.69, 9.17) is 15.9 Å². The van der Waals surface area contributed by atoms with Gasteiger partial charge in [0.2, 0.25) is 0 Å². The van der Waals surface area contributed by atoms with Crippen molar-refractivity contribution in [2.75, 3.05) is 18.1 Å². The maximum absolute atomic E-state index is 12.9. The molecule has 1 saturated heterocycles. The molecule has 0 saturated carbocycles. The second kappa shape index (κ2) is 9.29. The van der Waals surface area contributed by atoms with E-state index in [1.165, 1.54) is 6.08 Å². The molecular weight excluding hydrogens is 452 g/mol. The smallest absolute Gasteiger partial charge is 0.335 e. The van der Waals surface area contributed by atoms with E-state index in [1.807, 2.05) is 6.92 Å². The number of carbonyl (C=O) groups excluding carboxylic acids is 3. The number of imide groups is 2. The fourth-order valence-electron chi connectivity index (χ4n) is 2.77. The third kappa shape index (κ3) is 4.53. The number of hydrogen-bond acceptors (Lipinski definition) is 5. The highest BCUT2D eigenvalue weighted by Gasteiger charge is 2.36. The van der Waals surface area contributed by atoms with Gasteiger partial charge in [-0.15, -0.1) is 6.42 Å². The Kier molecular flexibility index (Phi) is 6.54. The Morgan fingerprint density at radius 3 is 2.50 bits per heavy atom. The molecule has 1 N–H and O–H groups in total. The molecule has 0 aliphatic carbocycles. The molecule has 0 unspecified atom stereocenters. The van der Waals surface area contributed by atoms with Crippen LogP contribution < -0.4 is 19.7 Å². The zero-order valence-corrected chi connectivity index (χ0v) is 17.6. The summed E-state index contributed by atoms with van der Waals surface area (Å²) in [5, 5.41) is 2.19. The zero-order valence-electron chi connectivity index (χ0n) is 16.0. The van der Waals surface area contributed by atoms with E-state index in [0.717, 1.165) is 9.37 Å². The Morgan fingerprint density at radius 2 is 1.83 bits per heavy atom. The molecule has 152 valence electrons. The third-order valence-electron chi connectivity index (χ3n) is 4.08. The van der Waals surface area contributed by atoms with Crippen LogP contribution in [0.25, 0.3) is 6.08 Å². The van der Waals surface area contributed by atoms with Crippen molar-refractivity contribution in [3.8, 4) is 23.8 Å². The van der Waals surface area contributed by atoms with Crippen molar-refractivity contribution in [1.82, 2.24) is 5.32 Å². The summed E-state index contributed by atoms with van der Waals surface area (Å²) in [4.78, 5) is 38.5. The van der Waals surface area contributed by atoms with Crippen LogP contribution in [0.1, 0.15) is 12.5 Å². The van der Waals surface area contributed by atoms with Gasteiger partial charge in [0.25, 0.3) is 11.8 Å². The van der Waals surface area contributed by atoms with Gasteiger partial charge in [-0.2, -0.15) is 0 Å². The molecule has 7 nitrogen and oxygen atoms in total. The number of rotatable bonds is 6. The van der Waals surface area contributed by atoms with Crippen molar-refractivity contribution in [3.63, 3.8) is 0 Å². The topological polar surface area (TPSA) is 84.9 Å². The molecule has 2 aromatic rings. The number of halogens is 1. The predicted octanol–water partition coefficient (Wildman–Crippen LogP) is 3.53. The first-order valence-electron chi connectivity index (χ1n) is 8.94. The SMILES string of the molecule is C#CCOc1ccc(/C=C2\C(=O)NC(=O)N(c3ccc(Br)cc3)C2=O)cc1OCC. The molecule has 1 aliphatic heterocycles. The lowest BCUT2D eigenvalue weighted by atomic mass is 10.1. The molecule has 1 fully saturated rings. The lowest BCUT2D eigenvalue weighted by molar-refractivity contribution is -0.122. The van der Waals surface area contributed by atoms with Gasteiger partial charge in [-0.05, 0) is 55.0 Å². The van der Waals surface area contributed by atoms with E-state index >= 15 is 0 Å². The summed E-state index contributed by atoms with van der Waals surface area (Å²) in [5.41, 5.74) is 0.680. The zero-order chi connectivity index (χ0) is 21.7. The highest BCUT2D eigenvalue weighted by Crippen LogP contribution is 2.30. The molecule has 1 heterocycles. The molecule has 1 aliphatic rings. The number of barbiturate groups is 1. The number of carbonyl (C=O) groups is 3. The Morgan fingerprint density at radius 1 is 1.10 bits per heavy atom.